The number of piperidine rings is 1. The Balaban J connectivity index is 1.18. The fourth-order valence-electron chi connectivity index (χ4n) is 4.75. The Morgan fingerprint density at radius 1 is 0.769 bits per heavy atom. The Bertz CT molecular complexity index is 1680. The Hall–Kier alpha value is -3.73. The van der Waals surface area contributed by atoms with Crippen molar-refractivity contribution in [2.24, 2.45) is 5.92 Å². The largest absolute Gasteiger partial charge is 0.326 e. The summed E-state index contributed by atoms with van der Waals surface area (Å²) in [6.45, 7) is 0.564. The van der Waals surface area contributed by atoms with E-state index in [1.165, 1.54) is 16.4 Å². The SMILES string of the molecule is O=C(Nc1ccc(S(=O)(=O)Nc2cccc3ccccc23)cc1)C1CCN(S(=O)(=O)Cc2ccccc2)CC1. The van der Waals surface area contributed by atoms with Crippen molar-refractivity contribution in [3.05, 3.63) is 103 Å². The highest BCUT2D eigenvalue weighted by Gasteiger charge is 2.31. The molecule has 202 valence electrons. The lowest BCUT2D eigenvalue weighted by Crippen LogP contribution is -2.41. The van der Waals surface area contributed by atoms with Crippen LogP contribution >= 0.6 is 0 Å². The Morgan fingerprint density at radius 3 is 2.13 bits per heavy atom. The van der Waals surface area contributed by atoms with E-state index in [4.69, 9.17) is 0 Å². The van der Waals surface area contributed by atoms with Gasteiger partial charge in [0.15, 0.2) is 0 Å². The van der Waals surface area contributed by atoms with Crippen LogP contribution in [0.2, 0.25) is 0 Å². The molecule has 1 amide bonds. The zero-order chi connectivity index (χ0) is 27.5. The molecule has 4 aromatic carbocycles. The van der Waals surface area contributed by atoms with Crippen molar-refractivity contribution in [2.45, 2.75) is 23.5 Å². The van der Waals surface area contributed by atoms with Crippen molar-refractivity contribution in [2.75, 3.05) is 23.1 Å². The van der Waals surface area contributed by atoms with Gasteiger partial charge in [0.1, 0.15) is 0 Å². The summed E-state index contributed by atoms with van der Waals surface area (Å²) < 4.78 is 55.7. The quantitative estimate of drug-likeness (QED) is 0.319. The molecule has 8 nitrogen and oxygen atoms in total. The van der Waals surface area contributed by atoms with E-state index in [9.17, 15) is 21.6 Å². The highest BCUT2D eigenvalue weighted by molar-refractivity contribution is 7.92. The normalized spacial score (nSPS) is 15.2. The van der Waals surface area contributed by atoms with Crippen LogP contribution in [0, 0.1) is 5.92 Å². The van der Waals surface area contributed by atoms with Crippen molar-refractivity contribution in [1.29, 1.82) is 0 Å². The van der Waals surface area contributed by atoms with Crippen molar-refractivity contribution in [3.8, 4) is 0 Å². The molecule has 0 aromatic heterocycles. The van der Waals surface area contributed by atoms with Gasteiger partial charge in [-0.2, -0.15) is 0 Å². The molecule has 4 aromatic rings. The van der Waals surface area contributed by atoms with Gasteiger partial charge in [-0.3, -0.25) is 9.52 Å². The van der Waals surface area contributed by atoms with Gasteiger partial charge >= 0.3 is 0 Å². The number of hydrogen-bond donors (Lipinski definition) is 2. The number of nitrogens with zero attached hydrogens (tertiary/aromatic N) is 1. The third kappa shape index (κ3) is 6.30. The third-order valence-electron chi connectivity index (χ3n) is 6.88. The molecule has 1 saturated heterocycles. The number of benzene rings is 4. The highest BCUT2D eigenvalue weighted by atomic mass is 32.2. The molecule has 1 aliphatic heterocycles. The van der Waals surface area contributed by atoms with Crippen LogP contribution in [0.4, 0.5) is 11.4 Å². The molecule has 2 N–H and O–H groups in total. The van der Waals surface area contributed by atoms with Crippen LogP contribution in [0.5, 0.6) is 0 Å². The minimum atomic E-state index is -3.84. The zero-order valence-corrected chi connectivity index (χ0v) is 22.8. The van der Waals surface area contributed by atoms with E-state index in [1.807, 2.05) is 48.5 Å². The van der Waals surface area contributed by atoms with Gasteiger partial charge in [0.25, 0.3) is 10.0 Å². The smallest absolute Gasteiger partial charge is 0.261 e. The molecule has 0 spiro atoms. The van der Waals surface area contributed by atoms with E-state index >= 15 is 0 Å². The summed E-state index contributed by atoms with van der Waals surface area (Å²) in [6, 6.07) is 28.0. The topological polar surface area (TPSA) is 113 Å². The first kappa shape index (κ1) is 26.9. The van der Waals surface area contributed by atoms with Gasteiger partial charge in [0.2, 0.25) is 15.9 Å². The van der Waals surface area contributed by atoms with Crippen molar-refractivity contribution < 1.29 is 21.6 Å². The number of hydrogen-bond acceptors (Lipinski definition) is 5. The van der Waals surface area contributed by atoms with Gasteiger partial charge < -0.3 is 5.32 Å². The molecule has 1 fully saturated rings. The minimum Gasteiger partial charge on any atom is -0.326 e. The van der Waals surface area contributed by atoms with Gasteiger partial charge in [-0.05, 0) is 54.1 Å². The Morgan fingerprint density at radius 2 is 1.41 bits per heavy atom. The molecule has 0 atom stereocenters. The van der Waals surface area contributed by atoms with Crippen LogP contribution in [0.1, 0.15) is 18.4 Å². The van der Waals surface area contributed by atoms with E-state index in [1.54, 1.807) is 36.4 Å². The van der Waals surface area contributed by atoms with E-state index in [2.05, 4.69) is 10.0 Å². The van der Waals surface area contributed by atoms with Crippen molar-refractivity contribution in [1.82, 2.24) is 4.31 Å². The molecule has 0 saturated carbocycles. The van der Waals surface area contributed by atoms with Gasteiger partial charge in [0.05, 0.1) is 16.3 Å². The second-order valence-corrected chi connectivity index (χ2v) is 13.2. The summed E-state index contributed by atoms with van der Waals surface area (Å²) in [4.78, 5) is 12.9. The molecule has 0 bridgehead atoms. The minimum absolute atomic E-state index is 0.0602. The van der Waals surface area contributed by atoms with Crippen LogP contribution in [0.25, 0.3) is 10.8 Å². The van der Waals surface area contributed by atoms with E-state index in [0.717, 1.165) is 16.3 Å². The highest BCUT2D eigenvalue weighted by Crippen LogP contribution is 2.27. The summed E-state index contributed by atoms with van der Waals surface area (Å²) >= 11 is 0. The maximum absolute atomic E-state index is 13.0. The zero-order valence-electron chi connectivity index (χ0n) is 21.2. The van der Waals surface area contributed by atoms with Crippen molar-refractivity contribution >= 4 is 48.1 Å². The standard InChI is InChI=1S/C29H29N3O5S2/c33-29(24-17-19-32(20-18-24)38(34,35)21-22-7-2-1-3-8-22)30-25-13-15-26(16-14-25)39(36,37)31-28-12-6-10-23-9-4-5-11-27(23)28/h1-16,24,31H,17-21H2,(H,30,33). The number of rotatable bonds is 8. The van der Waals surface area contributed by atoms with Crippen LogP contribution < -0.4 is 10.0 Å². The number of carbonyl (C=O) groups excluding carboxylic acids is 1. The predicted octanol–water partition coefficient (Wildman–Crippen LogP) is 4.82. The Labute approximate surface area is 228 Å². The van der Waals surface area contributed by atoms with E-state index in [-0.39, 0.29) is 35.6 Å². The first-order chi connectivity index (χ1) is 18.7. The molecular weight excluding hydrogens is 534 g/mol. The van der Waals surface area contributed by atoms with Gasteiger partial charge in [-0.25, -0.2) is 21.1 Å². The lowest BCUT2D eigenvalue weighted by atomic mass is 9.97. The summed E-state index contributed by atoms with van der Waals surface area (Å²) in [5.74, 6) is -0.598. The number of carbonyl (C=O) groups is 1. The molecule has 0 unspecified atom stereocenters. The fraction of sp³-hybridized carbons (Fsp3) is 0.207. The van der Waals surface area contributed by atoms with Crippen LogP contribution in [0.3, 0.4) is 0 Å². The molecule has 0 radical (unpaired) electrons. The van der Waals surface area contributed by atoms with Gasteiger partial charge in [-0.1, -0.05) is 66.7 Å². The first-order valence-corrected chi connectivity index (χ1v) is 15.7. The average Bonchev–Trinajstić information content (AvgIpc) is 2.94. The predicted molar refractivity (Wildman–Crippen MR) is 153 cm³/mol. The van der Waals surface area contributed by atoms with Crippen LogP contribution in [-0.4, -0.2) is 40.1 Å². The average molecular weight is 564 g/mol. The van der Waals surface area contributed by atoms with Gasteiger partial charge in [0, 0.05) is 30.1 Å². The lowest BCUT2D eigenvalue weighted by molar-refractivity contribution is -0.120. The number of nitrogens with one attached hydrogen (secondary N) is 2. The maximum atomic E-state index is 13.0. The molecule has 10 heteroatoms. The van der Waals surface area contributed by atoms with Crippen molar-refractivity contribution in [3.63, 3.8) is 0 Å². The molecule has 39 heavy (non-hydrogen) atoms. The fourth-order valence-corrected chi connectivity index (χ4v) is 7.40. The molecule has 1 heterocycles. The summed E-state index contributed by atoms with van der Waals surface area (Å²) in [5.41, 5.74) is 1.70. The number of amides is 1. The monoisotopic (exact) mass is 563 g/mol. The van der Waals surface area contributed by atoms with Crippen LogP contribution in [-0.2, 0) is 30.6 Å². The van der Waals surface area contributed by atoms with E-state index < -0.39 is 20.0 Å². The maximum Gasteiger partial charge on any atom is 0.261 e. The summed E-state index contributed by atoms with van der Waals surface area (Å²) in [6.07, 6.45) is 0.836. The third-order valence-corrected chi connectivity index (χ3v) is 10.1. The number of anilines is 2. The molecule has 1 aliphatic rings. The number of fused-ring (bicyclic) bond motifs is 1. The van der Waals surface area contributed by atoms with Crippen LogP contribution in [0.15, 0.2) is 102 Å². The lowest BCUT2D eigenvalue weighted by Gasteiger charge is -2.30. The summed E-state index contributed by atoms with van der Waals surface area (Å²) in [7, 11) is -7.30. The van der Waals surface area contributed by atoms with Gasteiger partial charge in [-0.15, -0.1) is 0 Å². The summed E-state index contributed by atoms with van der Waals surface area (Å²) in [5, 5.41) is 4.56. The number of sulfonamides is 2. The van der Waals surface area contributed by atoms with E-state index in [0.29, 0.717) is 24.2 Å². The molecule has 0 aliphatic carbocycles. The molecular formula is C29H29N3O5S2. The second kappa shape index (κ2) is 11.2. The molecule has 5 rings (SSSR count). The Kier molecular flexibility index (Phi) is 7.69. The second-order valence-electron chi connectivity index (χ2n) is 9.56. The first-order valence-electron chi connectivity index (χ1n) is 12.6.